The van der Waals surface area contributed by atoms with Gasteiger partial charge >= 0.3 is 0 Å². The Balaban J connectivity index is 2.00. The van der Waals surface area contributed by atoms with Gasteiger partial charge in [0.05, 0.1) is 24.0 Å². The fourth-order valence-corrected chi connectivity index (χ4v) is 2.88. The molecule has 0 bridgehead atoms. The maximum Gasteiger partial charge on any atom is 0.212 e. The summed E-state index contributed by atoms with van der Waals surface area (Å²) in [7, 11) is 0. The first-order valence-corrected chi connectivity index (χ1v) is 8.53. The second-order valence-corrected chi connectivity index (χ2v) is 6.35. The van der Waals surface area contributed by atoms with Crippen molar-refractivity contribution in [1.82, 2.24) is 14.9 Å². The third-order valence-electron chi connectivity index (χ3n) is 3.20. The minimum Gasteiger partial charge on any atom is -0.549 e. The van der Waals surface area contributed by atoms with Crippen molar-refractivity contribution in [3.05, 3.63) is 52.9 Å². The number of benzene rings is 1. The average molecular weight is 376 g/mol. The van der Waals surface area contributed by atoms with Gasteiger partial charge in [-0.2, -0.15) is 9.78 Å². The maximum absolute atomic E-state index is 10.7. The summed E-state index contributed by atoms with van der Waals surface area (Å²) in [6, 6.07) is 8.92. The highest BCUT2D eigenvalue weighted by Gasteiger charge is 2.17. The molecule has 0 saturated heterocycles. The van der Waals surface area contributed by atoms with Gasteiger partial charge in [0.25, 0.3) is 0 Å². The number of aliphatic carboxylic acids is 1. The van der Waals surface area contributed by atoms with Crippen LogP contribution >= 0.6 is 23.4 Å². The quantitative estimate of drug-likeness (QED) is 0.484. The lowest BCUT2D eigenvalue weighted by Gasteiger charge is -2.04. The highest BCUT2D eigenvalue weighted by molar-refractivity contribution is 7.99. The number of hydrogen-bond donors (Lipinski definition) is 0. The first-order chi connectivity index (χ1) is 12.0. The Morgan fingerprint density at radius 1 is 1.44 bits per heavy atom. The van der Waals surface area contributed by atoms with Crippen molar-refractivity contribution in [2.75, 3.05) is 5.75 Å². The van der Waals surface area contributed by atoms with Crippen molar-refractivity contribution in [2.24, 2.45) is 5.10 Å². The van der Waals surface area contributed by atoms with Gasteiger partial charge in [0.15, 0.2) is 5.82 Å². The van der Waals surface area contributed by atoms with Crippen molar-refractivity contribution in [1.29, 1.82) is 0 Å². The lowest BCUT2D eigenvalue weighted by Crippen LogP contribution is -2.24. The van der Waals surface area contributed by atoms with Gasteiger partial charge in [-0.1, -0.05) is 35.5 Å². The van der Waals surface area contributed by atoms with Gasteiger partial charge in [-0.3, -0.25) is 0 Å². The molecule has 3 rings (SSSR count). The summed E-state index contributed by atoms with van der Waals surface area (Å²) in [6.07, 6.45) is 3.13. The Bertz CT molecular complexity index is 935. The van der Waals surface area contributed by atoms with Crippen LogP contribution in [0.3, 0.4) is 0 Å². The van der Waals surface area contributed by atoms with Gasteiger partial charge in [0, 0.05) is 10.8 Å². The van der Waals surface area contributed by atoms with Crippen molar-refractivity contribution < 1.29 is 14.3 Å². The van der Waals surface area contributed by atoms with Gasteiger partial charge in [-0.05, 0) is 30.7 Å². The molecule has 1 aromatic carbocycles. The number of hydrogen-bond acceptors (Lipinski definition) is 7. The minimum atomic E-state index is -1.19. The number of carboxylic acid groups (broad SMARTS) is 1. The molecule has 2 heterocycles. The molecule has 0 atom stereocenters. The van der Waals surface area contributed by atoms with E-state index >= 15 is 0 Å². The van der Waals surface area contributed by atoms with Crippen molar-refractivity contribution >= 4 is 35.5 Å². The lowest BCUT2D eigenvalue weighted by atomic mass is 10.2. The molecule has 0 N–H and O–H groups in total. The van der Waals surface area contributed by atoms with Crippen LogP contribution in [0.25, 0.3) is 11.4 Å². The predicted octanol–water partition coefficient (Wildman–Crippen LogP) is 2.22. The van der Waals surface area contributed by atoms with Crippen LogP contribution in [0.4, 0.5) is 0 Å². The molecule has 0 radical (unpaired) electrons. The van der Waals surface area contributed by atoms with Crippen molar-refractivity contribution in [2.45, 2.75) is 12.1 Å². The molecule has 0 fully saturated rings. The van der Waals surface area contributed by atoms with Crippen LogP contribution in [0.15, 0.2) is 51.3 Å². The number of nitrogens with zero attached hydrogens (tertiary/aromatic N) is 4. The van der Waals surface area contributed by atoms with E-state index in [1.54, 1.807) is 37.6 Å². The summed E-state index contributed by atoms with van der Waals surface area (Å²) >= 11 is 6.95. The standard InChI is InChI=1S/C16H13ClN4O3S/c1-10-13(5-6-24-10)15-19-20-16(25-9-14(22)23)21(15)18-8-11-3-2-4-12(17)7-11/h2-8H,9H2,1H3,(H,22,23)/p-1/b18-8-. The zero-order valence-corrected chi connectivity index (χ0v) is 14.6. The molecule has 0 aliphatic heterocycles. The van der Waals surface area contributed by atoms with Gasteiger partial charge in [-0.15, -0.1) is 10.2 Å². The molecule has 0 unspecified atom stereocenters. The Labute approximate surface area is 152 Å². The van der Waals surface area contributed by atoms with Crippen LogP contribution in [-0.2, 0) is 4.79 Å². The molecule has 0 spiro atoms. The fourth-order valence-electron chi connectivity index (χ4n) is 2.08. The monoisotopic (exact) mass is 375 g/mol. The molecule has 9 heteroatoms. The molecule has 0 aliphatic carbocycles. The number of carboxylic acids is 1. The van der Waals surface area contributed by atoms with Crippen molar-refractivity contribution in [3.63, 3.8) is 0 Å². The Morgan fingerprint density at radius 3 is 2.96 bits per heavy atom. The zero-order chi connectivity index (χ0) is 17.8. The zero-order valence-electron chi connectivity index (χ0n) is 13.0. The van der Waals surface area contributed by atoms with Gasteiger partial charge in [-0.25, -0.2) is 0 Å². The second-order valence-electron chi connectivity index (χ2n) is 4.97. The van der Waals surface area contributed by atoms with E-state index in [4.69, 9.17) is 16.0 Å². The first kappa shape index (κ1) is 17.2. The van der Waals surface area contributed by atoms with Crippen LogP contribution in [0.2, 0.25) is 5.02 Å². The van der Waals surface area contributed by atoms with E-state index in [1.165, 1.54) is 4.68 Å². The highest BCUT2D eigenvalue weighted by Crippen LogP contribution is 2.26. The molecule has 25 heavy (non-hydrogen) atoms. The van der Waals surface area contributed by atoms with Gasteiger partial charge < -0.3 is 14.3 Å². The molecule has 0 aliphatic rings. The molecule has 0 saturated carbocycles. The molecule has 3 aromatic rings. The largest absolute Gasteiger partial charge is 0.549 e. The van der Waals surface area contributed by atoms with Crippen LogP contribution in [-0.4, -0.2) is 32.8 Å². The first-order valence-electron chi connectivity index (χ1n) is 7.17. The normalized spacial score (nSPS) is 11.3. The number of carbonyl (C=O) groups is 1. The summed E-state index contributed by atoms with van der Waals surface area (Å²) in [5, 5.41) is 24.2. The summed E-state index contributed by atoms with van der Waals surface area (Å²) in [5.41, 5.74) is 1.50. The van der Waals surface area contributed by atoms with E-state index < -0.39 is 5.97 Å². The predicted molar refractivity (Wildman–Crippen MR) is 92.6 cm³/mol. The summed E-state index contributed by atoms with van der Waals surface area (Å²) < 4.78 is 6.76. The van der Waals surface area contributed by atoms with E-state index in [2.05, 4.69) is 15.3 Å². The third-order valence-corrected chi connectivity index (χ3v) is 4.33. The van der Waals surface area contributed by atoms with E-state index in [0.29, 0.717) is 21.8 Å². The SMILES string of the molecule is Cc1occc1-c1nnc(SCC(=O)[O-])n1/N=C\c1cccc(Cl)c1. The summed E-state index contributed by atoms with van der Waals surface area (Å²) in [6.45, 7) is 1.79. The number of carbonyl (C=O) groups excluding carboxylic acids is 1. The number of aromatic nitrogens is 3. The Morgan fingerprint density at radius 2 is 2.28 bits per heavy atom. The topological polar surface area (TPSA) is 96.3 Å². The number of halogens is 1. The summed E-state index contributed by atoms with van der Waals surface area (Å²) in [4.78, 5) is 10.7. The molecule has 0 amide bonds. The molecule has 128 valence electrons. The smallest absolute Gasteiger partial charge is 0.212 e. The second kappa shape index (κ2) is 7.54. The van der Waals surface area contributed by atoms with Crippen LogP contribution in [0, 0.1) is 6.92 Å². The maximum atomic E-state index is 10.7. The third kappa shape index (κ3) is 4.09. The van der Waals surface area contributed by atoms with Crippen molar-refractivity contribution in [3.8, 4) is 11.4 Å². The number of rotatable bonds is 6. The lowest BCUT2D eigenvalue weighted by molar-refractivity contribution is -0.301. The van der Waals surface area contributed by atoms with E-state index in [0.717, 1.165) is 22.9 Å². The molecule has 2 aromatic heterocycles. The summed E-state index contributed by atoms with van der Waals surface area (Å²) in [5.74, 6) is -0.345. The van der Waals surface area contributed by atoms with E-state index in [9.17, 15) is 9.90 Å². The minimum absolute atomic E-state index is 0.255. The number of aryl methyl sites for hydroxylation is 1. The van der Waals surface area contributed by atoms with Crippen LogP contribution < -0.4 is 5.11 Å². The number of furan rings is 1. The molecular weight excluding hydrogens is 364 g/mol. The fraction of sp³-hybridized carbons (Fsp3) is 0.125. The molecular formula is C16H12ClN4O3S-. The van der Waals surface area contributed by atoms with E-state index in [1.807, 2.05) is 12.1 Å². The van der Waals surface area contributed by atoms with Gasteiger partial charge in [0.1, 0.15) is 5.76 Å². The van der Waals surface area contributed by atoms with Gasteiger partial charge in [0.2, 0.25) is 5.16 Å². The average Bonchev–Trinajstić information content (AvgIpc) is 3.16. The molecule has 7 nitrogen and oxygen atoms in total. The Kier molecular flexibility index (Phi) is 5.20. The van der Waals surface area contributed by atoms with Crippen LogP contribution in [0.1, 0.15) is 11.3 Å². The van der Waals surface area contributed by atoms with Crippen LogP contribution in [0.5, 0.6) is 0 Å². The Hall–Kier alpha value is -2.58. The number of thioether (sulfide) groups is 1. The highest BCUT2D eigenvalue weighted by atomic mass is 35.5. The van der Waals surface area contributed by atoms with E-state index in [-0.39, 0.29) is 5.75 Å².